The monoisotopic (exact) mass is 546 g/mol. The highest BCUT2D eigenvalue weighted by Gasteiger charge is 2.23. The summed E-state index contributed by atoms with van der Waals surface area (Å²) in [4.78, 5) is 7.51. The van der Waals surface area contributed by atoms with Crippen LogP contribution >= 0.6 is 0 Å². The van der Waals surface area contributed by atoms with Gasteiger partial charge < -0.3 is 4.74 Å². The van der Waals surface area contributed by atoms with E-state index in [9.17, 15) is 16.8 Å². The Kier molecular flexibility index (Phi) is 8.68. The normalized spacial score (nSPS) is 14.9. The van der Waals surface area contributed by atoms with Crippen LogP contribution in [-0.2, 0) is 26.6 Å². The molecule has 0 atom stereocenters. The number of hydrogen-bond donors (Lipinski definition) is 2. The van der Waals surface area contributed by atoms with Crippen LogP contribution in [0.15, 0.2) is 59.5 Å². The molecule has 0 amide bonds. The van der Waals surface area contributed by atoms with Crippen LogP contribution in [0.25, 0.3) is 10.9 Å². The van der Waals surface area contributed by atoms with Gasteiger partial charge >= 0.3 is 0 Å². The third-order valence-corrected chi connectivity index (χ3v) is 8.54. The van der Waals surface area contributed by atoms with Crippen LogP contribution in [0.5, 0.6) is 5.75 Å². The van der Waals surface area contributed by atoms with Crippen LogP contribution in [-0.4, -0.2) is 59.2 Å². The van der Waals surface area contributed by atoms with Gasteiger partial charge in [0.15, 0.2) is 0 Å². The molecule has 1 aliphatic carbocycles. The maximum Gasteiger partial charge on any atom is 0.240 e. The van der Waals surface area contributed by atoms with Crippen molar-refractivity contribution in [3.63, 3.8) is 0 Å². The Hall–Kier alpha value is -2.73. The smallest absolute Gasteiger partial charge is 0.240 e. The third-order valence-electron chi connectivity index (χ3n) is 6.52. The first-order chi connectivity index (χ1) is 17.6. The van der Waals surface area contributed by atoms with E-state index in [-0.39, 0.29) is 4.90 Å². The summed E-state index contributed by atoms with van der Waals surface area (Å²) >= 11 is 0. The Morgan fingerprint density at radius 2 is 1.73 bits per heavy atom. The topological polar surface area (TPSA) is 118 Å². The maximum absolute atomic E-state index is 12.1. The number of anilines is 1. The van der Waals surface area contributed by atoms with Crippen molar-refractivity contribution in [1.82, 2.24) is 14.6 Å². The lowest BCUT2D eigenvalue weighted by atomic mass is 10.1. The molecule has 2 aromatic carbocycles. The summed E-state index contributed by atoms with van der Waals surface area (Å²) in [6.07, 6.45) is 6.79. The van der Waals surface area contributed by atoms with Gasteiger partial charge in [-0.1, -0.05) is 18.9 Å². The number of benzene rings is 2. The number of sulfonamides is 2. The molecular formula is C26H34N4O5S2. The van der Waals surface area contributed by atoms with Crippen molar-refractivity contribution >= 4 is 36.6 Å². The van der Waals surface area contributed by atoms with Crippen molar-refractivity contribution in [2.24, 2.45) is 0 Å². The zero-order valence-corrected chi connectivity index (χ0v) is 22.8. The van der Waals surface area contributed by atoms with Crippen LogP contribution in [0.4, 0.5) is 5.69 Å². The van der Waals surface area contributed by atoms with Crippen LogP contribution in [0, 0.1) is 0 Å². The molecule has 37 heavy (non-hydrogen) atoms. The summed E-state index contributed by atoms with van der Waals surface area (Å²) in [5, 5.41) is 0.790. The van der Waals surface area contributed by atoms with Crippen LogP contribution in [0.3, 0.4) is 0 Å². The predicted octanol–water partition coefficient (Wildman–Crippen LogP) is 3.73. The lowest BCUT2D eigenvalue weighted by Crippen LogP contribution is -2.34. The first-order valence-electron chi connectivity index (χ1n) is 12.4. The molecule has 200 valence electrons. The van der Waals surface area contributed by atoms with Crippen molar-refractivity contribution in [2.45, 2.75) is 49.6 Å². The minimum absolute atomic E-state index is 0.228. The predicted molar refractivity (Wildman–Crippen MR) is 146 cm³/mol. The summed E-state index contributed by atoms with van der Waals surface area (Å²) in [6.45, 7) is 2.15. The molecule has 0 saturated heterocycles. The number of ether oxygens (including phenoxy) is 1. The molecule has 9 nitrogen and oxygen atoms in total. The molecule has 1 aromatic heterocycles. The molecule has 2 N–H and O–H groups in total. The molecule has 0 bridgehead atoms. The molecule has 0 radical (unpaired) electrons. The van der Waals surface area contributed by atoms with Gasteiger partial charge in [0.25, 0.3) is 0 Å². The zero-order chi connectivity index (χ0) is 26.5. The number of nitrogens with one attached hydrogen (secondary N) is 2. The fourth-order valence-electron chi connectivity index (χ4n) is 4.68. The van der Waals surface area contributed by atoms with Crippen LogP contribution in [0.1, 0.15) is 37.8 Å². The second kappa shape index (κ2) is 11.8. The number of fused-ring (bicyclic) bond motifs is 1. The first kappa shape index (κ1) is 27.3. The van der Waals surface area contributed by atoms with E-state index in [0.29, 0.717) is 24.1 Å². The van der Waals surface area contributed by atoms with E-state index < -0.39 is 20.0 Å². The molecule has 1 fully saturated rings. The van der Waals surface area contributed by atoms with E-state index in [1.165, 1.54) is 32.7 Å². The number of pyridine rings is 1. The molecule has 1 heterocycles. The Morgan fingerprint density at radius 1 is 1.00 bits per heavy atom. The Morgan fingerprint density at radius 3 is 2.41 bits per heavy atom. The molecule has 0 unspecified atom stereocenters. The van der Waals surface area contributed by atoms with Crippen molar-refractivity contribution in [1.29, 1.82) is 0 Å². The minimum atomic E-state index is -3.50. The maximum atomic E-state index is 12.1. The second-order valence-corrected chi connectivity index (χ2v) is 13.0. The minimum Gasteiger partial charge on any atom is -0.494 e. The summed E-state index contributed by atoms with van der Waals surface area (Å²) < 4.78 is 57.6. The van der Waals surface area contributed by atoms with E-state index in [2.05, 4.69) is 14.3 Å². The van der Waals surface area contributed by atoms with E-state index in [0.717, 1.165) is 42.4 Å². The highest BCUT2D eigenvalue weighted by atomic mass is 32.2. The lowest BCUT2D eigenvalue weighted by Gasteiger charge is -2.28. The Labute approximate surface area is 219 Å². The van der Waals surface area contributed by atoms with Crippen molar-refractivity contribution < 1.29 is 21.6 Å². The quantitative estimate of drug-likeness (QED) is 0.333. The molecule has 11 heteroatoms. The number of rotatable bonds is 12. The number of hydrogen-bond acceptors (Lipinski definition) is 7. The van der Waals surface area contributed by atoms with Gasteiger partial charge in [-0.25, -0.2) is 21.6 Å². The highest BCUT2D eigenvalue weighted by Crippen LogP contribution is 2.26. The molecule has 3 aromatic rings. The average Bonchev–Trinajstić information content (AvgIpc) is 3.40. The van der Waals surface area contributed by atoms with Crippen LogP contribution in [0.2, 0.25) is 0 Å². The van der Waals surface area contributed by atoms with Crippen molar-refractivity contribution in [3.8, 4) is 5.75 Å². The lowest BCUT2D eigenvalue weighted by molar-refractivity contribution is 0.170. The SMILES string of the molecule is CNS(=O)(=O)c1ccc2nc(CN(CCCOc3ccc(NS(C)(=O)=O)cc3)C3CCCC3)ccc2c1. The molecule has 0 aliphatic heterocycles. The molecule has 0 spiro atoms. The van der Waals surface area contributed by atoms with Crippen molar-refractivity contribution in [3.05, 3.63) is 60.3 Å². The summed E-state index contributed by atoms with van der Waals surface area (Å²) in [5.41, 5.74) is 2.24. The molecule has 4 rings (SSSR count). The second-order valence-electron chi connectivity index (χ2n) is 9.37. The average molecular weight is 547 g/mol. The standard InChI is InChI=1S/C26H34N4O5S2/c1-27-37(33,34)25-14-15-26-20(18-25)8-9-22(28-26)19-30(23-6-3-4-7-23)16-5-17-35-24-12-10-21(11-13-24)29-36(2,31)32/h8-15,18,23,27,29H,3-7,16-17,19H2,1-2H3. The fourth-order valence-corrected chi connectivity index (χ4v) is 6.01. The van der Waals surface area contributed by atoms with Gasteiger partial charge in [-0.2, -0.15) is 0 Å². The third kappa shape index (κ3) is 7.64. The first-order valence-corrected chi connectivity index (χ1v) is 15.8. The van der Waals surface area contributed by atoms with Gasteiger partial charge in [0.05, 0.1) is 29.0 Å². The van der Waals surface area contributed by atoms with Gasteiger partial charge in [-0.3, -0.25) is 14.6 Å². The van der Waals surface area contributed by atoms with Crippen LogP contribution < -0.4 is 14.2 Å². The van der Waals surface area contributed by atoms with Gasteiger partial charge in [-0.05, 0) is 74.8 Å². The largest absolute Gasteiger partial charge is 0.494 e. The summed E-state index contributed by atoms with van der Waals surface area (Å²) in [6, 6.07) is 16.3. The van der Waals surface area contributed by atoms with E-state index in [4.69, 9.17) is 9.72 Å². The van der Waals surface area contributed by atoms with Gasteiger partial charge in [0, 0.05) is 30.2 Å². The number of aromatic nitrogens is 1. The zero-order valence-electron chi connectivity index (χ0n) is 21.2. The van der Waals surface area contributed by atoms with E-state index in [1.807, 2.05) is 12.1 Å². The van der Waals surface area contributed by atoms with E-state index in [1.54, 1.807) is 42.5 Å². The Balaban J connectivity index is 1.37. The fraction of sp³-hybridized carbons (Fsp3) is 0.423. The molecule has 1 saturated carbocycles. The van der Waals surface area contributed by atoms with Gasteiger partial charge in [0.2, 0.25) is 20.0 Å². The Bertz CT molecular complexity index is 1420. The number of nitrogens with zero attached hydrogens (tertiary/aromatic N) is 2. The van der Waals surface area contributed by atoms with Crippen molar-refractivity contribution in [2.75, 3.05) is 31.2 Å². The molecular weight excluding hydrogens is 512 g/mol. The van der Waals surface area contributed by atoms with Gasteiger partial charge in [0.1, 0.15) is 5.75 Å². The highest BCUT2D eigenvalue weighted by molar-refractivity contribution is 7.92. The summed E-state index contributed by atoms with van der Waals surface area (Å²) in [5.74, 6) is 0.697. The van der Waals surface area contributed by atoms with E-state index >= 15 is 0 Å². The van der Waals surface area contributed by atoms with Gasteiger partial charge in [-0.15, -0.1) is 0 Å². The molecule has 1 aliphatic rings. The summed E-state index contributed by atoms with van der Waals surface area (Å²) in [7, 11) is -5.40.